The fraction of sp³-hybridized carbons (Fsp3) is 0.619. The predicted octanol–water partition coefficient (Wildman–Crippen LogP) is 5.40. The van der Waals surface area contributed by atoms with E-state index >= 15 is 0 Å². The topological polar surface area (TPSA) is 53.6 Å². The Bertz CT molecular complexity index is 591. The second kappa shape index (κ2) is 11.8. The number of hydrogen-bond acceptors (Lipinski definition) is 3. The van der Waals surface area contributed by atoms with Gasteiger partial charge < -0.3 is 5.32 Å². The minimum atomic E-state index is 0.775. The van der Waals surface area contributed by atoms with E-state index in [-0.39, 0.29) is 0 Å². The Balaban J connectivity index is 1.59. The van der Waals surface area contributed by atoms with Gasteiger partial charge in [-0.15, -0.1) is 0 Å². The molecule has 1 heterocycles. The summed E-state index contributed by atoms with van der Waals surface area (Å²) >= 11 is 0. The molecule has 0 radical (unpaired) electrons. The number of aryl methyl sites for hydroxylation is 1. The number of H-pyrrole nitrogens is 1. The molecule has 2 N–H and O–H groups in total. The van der Waals surface area contributed by atoms with Crippen molar-refractivity contribution in [2.45, 2.75) is 78.2 Å². The van der Waals surface area contributed by atoms with E-state index in [0.29, 0.717) is 0 Å². The van der Waals surface area contributed by atoms with Crippen molar-refractivity contribution in [3.8, 4) is 11.3 Å². The van der Waals surface area contributed by atoms with Gasteiger partial charge in [-0.1, -0.05) is 82.6 Å². The minimum absolute atomic E-state index is 0.775. The third-order valence-corrected chi connectivity index (χ3v) is 4.77. The number of nitrogens with one attached hydrogen (secondary N) is 2. The van der Waals surface area contributed by atoms with Crippen molar-refractivity contribution in [3.63, 3.8) is 0 Å². The van der Waals surface area contributed by atoms with Crippen LogP contribution in [0.15, 0.2) is 24.3 Å². The average molecular weight is 343 g/mol. The van der Waals surface area contributed by atoms with Crippen LogP contribution in [-0.4, -0.2) is 22.0 Å². The highest BCUT2D eigenvalue weighted by Crippen LogP contribution is 2.23. The highest BCUT2D eigenvalue weighted by Gasteiger charge is 2.11. The molecular formula is C21H34N4. The molecule has 25 heavy (non-hydrogen) atoms. The van der Waals surface area contributed by atoms with Gasteiger partial charge in [-0.3, -0.25) is 0 Å². The van der Waals surface area contributed by atoms with Crippen molar-refractivity contribution in [2.75, 3.05) is 6.54 Å². The maximum absolute atomic E-state index is 4.34. The zero-order valence-electron chi connectivity index (χ0n) is 16.0. The molecule has 0 unspecified atom stereocenters. The smallest absolute Gasteiger partial charge is 0.117 e. The van der Waals surface area contributed by atoms with Gasteiger partial charge in [0.1, 0.15) is 11.4 Å². The summed E-state index contributed by atoms with van der Waals surface area (Å²) in [6, 6.07) is 8.33. The number of aromatic nitrogens is 3. The lowest BCUT2D eigenvalue weighted by Gasteiger charge is -2.06. The van der Waals surface area contributed by atoms with Crippen LogP contribution >= 0.6 is 0 Å². The molecule has 2 aromatic rings. The average Bonchev–Trinajstić information content (AvgIpc) is 3.08. The van der Waals surface area contributed by atoms with E-state index < -0.39 is 0 Å². The number of unbranched alkanes of at least 4 members (excludes halogenated alkanes) is 8. The van der Waals surface area contributed by atoms with E-state index in [1.165, 1.54) is 63.4 Å². The molecule has 0 saturated carbocycles. The van der Waals surface area contributed by atoms with Crippen molar-refractivity contribution in [1.29, 1.82) is 0 Å². The molecule has 0 aliphatic carbocycles. The molecule has 0 saturated heterocycles. The van der Waals surface area contributed by atoms with Crippen molar-refractivity contribution >= 4 is 0 Å². The zero-order valence-corrected chi connectivity index (χ0v) is 16.0. The molecule has 138 valence electrons. The van der Waals surface area contributed by atoms with Gasteiger partial charge in [0.05, 0.1) is 0 Å². The van der Waals surface area contributed by atoms with Gasteiger partial charge in [-0.2, -0.15) is 15.4 Å². The van der Waals surface area contributed by atoms with E-state index in [0.717, 1.165) is 30.0 Å². The van der Waals surface area contributed by atoms with Crippen LogP contribution in [0.25, 0.3) is 11.3 Å². The normalized spacial score (nSPS) is 11.1. The van der Waals surface area contributed by atoms with Crippen molar-refractivity contribution in [3.05, 3.63) is 35.5 Å². The number of nitrogens with zero attached hydrogens (tertiary/aromatic N) is 2. The second-order valence-corrected chi connectivity index (χ2v) is 6.94. The Labute approximate surface area is 152 Å². The van der Waals surface area contributed by atoms with Crippen LogP contribution in [0.3, 0.4) is 0 Å². The summed E-state index contributed by atoms with van der Waals surface area (Å²) in [7, 11) is 0. The first-order chi connectivity index (χ1) is 12.3. The lowest BCUT2D eigenvalue weighted by molar-refractivity contribution is 0.547. The van der Waals surface area contributed by atoms with Crippen LogP contribution in [0.5, 0.6) is 0 Å². The van der Waals surface area contributed by atoms with Crippen LogP contribution in [0.4, 0.5) is 0 Å². The Morgan fingerprint density at radius 1 is 0.880 bits per heavy atom. The maximum Gasteiger partial charge on any atom is 0.117 e. The van der Waals surface area contributed by atoms with Gasteiger partial charge in [0.2, 0.25) is 0 Å². The molecule has 0 aliphatic rings. The molecule has 1 aromatic heterocycles. The predicted molar refractivity (Wildman–Crippen MR) is 105 cm³/mol. The Kier molecular flexibility index (Phi) is 9.27. The van der Waals surface area contributed by atoms with E-state index in [1.807, 2.05) is 0 Å². The number of hydrogen-bond donors (Lipinski definition) is 2. The summed E-state index contributed by atoms with van der Waals surface area (Å²) in [5.74, 6) is 0. The molecule has 2 rings (SSSR count). The Morgan fingerprint density at radius 2 is 1.56 bits per heavy atom. The van der Waals surface area contributed by atoms with E-state index in [1.54, 1.807) is 0 Å². The van der Waals surface area contributed by atoms with E-state index in [4.69, 9.17) is 0 Å². The molecule has 4 nitrogen and oxygen atoms in total. The summed E-state index contributed by atoms with van der Waals surface area (Å²) in [4.78, 5) is 0. The SMILES string of the molecule is CCCCCCCCCCCNCc1n[nH]nc1-c1ccccc1C. The summed E-state index contributed by atoms with van der Waals surface area (Å²) in [6.07, 6.45) is 12.3. The van der Waals surface area contributed by atoms with Crippen molar-refractivity contribution in [1.82, 2.24) is 20.7 Å². The summed E-state index contributed by atoms with van der Waals surface area (Å²) in [5.41, 5.74) is 4.37. The molecule has 4 heteroatoms. The van der Waals surface area contributed by atoms with Gasteiger partial charge in [-0.05, 0) is 25.5 Å². The summed E-state index contributed by atoms with van der Waals surface area (Å²) in [5, 5.41) is 14.9. The lowest BCUT2D eigenvalue weighted by Crippen LogP contribution is -2.15. The van der Waals surface area contributed by atoms with Crippen molar-refractivity contribution < 1.29 is 0 Å². The van der Waals surface area contributed by atoms with Crippen LogP contribution < -0.4 is 5.32 Å². The molecule has 0 atom stereocenters. The van der Waals surface area contributed by atoms with Gasteiger partial charge in [-0.25, -0.2) is 0 Å². The highest BCUT2D eigenvalue weighted by atomic mass is 15.3. The van der Waals surface area contributed by atoms with E-state index in [2.05, 4.69) is 58.8 Å². The largest absolute Gasteiger partial charge is 0.311 e. The number of benzene rings is 1. The van der Waals surface area contributed by atoms with Gasteiger partial charge in [0.25, 0.3) is 0 Å². The van der Waals surface area contributed by atoms with Crippen LogP contribution in [0.2, 0.25) is 0 Å². The molecule has 0 fully saturated rings. The third kappa shape index (κ3) is 6.99. The fourth-order valence-electron chi connectivity index (χ4n) is 3.20. The fourth-order valence-corrected chi connectivity index (χ4v) is 3.20. The van der Waals surface area contributed by atoms with Crippen LogP contribution in [-0.2, 0) is 6.54 Å². The second-order valence-electron chi connectivity index (χ2n) is 6.94. The first-order valence-electron chi connectivity index (χ1n) is 9.99. The first kappa shape index (κ1) is 19.6. The van der Waals surface area contributed by atoms with Crippen molar-refractivity contribution in [2.24, 2.45) is 0 Å². The molecular weight excluding hydrogens is 308 g/mol. The summed E-state index contributed by atoms with van der Waals surface area (Å²) < 4.78 is 0. The molecule has 0 aliphatic heterocycles. The monoisotopic (exact) mass is 342 g/mol. The van der Waals surface area contributed by atoms with E-state index in [9.17, 15) is 0 Å². The highest BCUT2D eigenvalue weighted by molar-refractivity contribution is 5.64. The molecule has 0 bridgehead atoms. The Morgan fingerprint density at radius 3 is 2.28 bits per heavy atom. The molecule has 0 amide bonds. The Hall–Kier alpha value is -1.68. The standard InChI is InChI=1S/C21H34N4/c1-3-4-5-6-7-8-9-10-13-16-22-17-20-21(24-25-23-20)19-15-12-11-14-18(19)2/h11-12,14-15,22H,3-10,13,16-17H2,1-2H3,(H,23,24,25). The van der Waals surface area contributed by atoms with Gasteiger partial charge >= 0.3 is 0 Å². The number of aromatic amines is 1. The first-order valence-corrected chi connectivity index (χ1v) is 9.99. The summed E-state index contributed by atoms with van der Waals surface area (Å²) in [6.45, 7) is 6.21. The lowest BCUT2D eigenvalue weighted by atomic mass is 10.0. The third-order valence-electron chi connectivity index (χ3n) is 4.77. The quantitative estimate of drug-likeness (QED) is 0.479. The van der Waals surface area contributed by atoms with Gasteiger partial charge in [0.15, 0.2) is 0 Å². The maximum atomic E-state index is 4.34. The minimum Gasteiger partial charge on any atom is -0.311 e. The molecule has 1 aromatic carbocycles. The van der Waals surface area contributed by atoms with Crippen LogP contribution in [0.1, 0.15) is 76.0 Å². The number of rotatable bonds is 13. The molecule has 0 spiro atoms. The van der Waals surface area contributed by atoms with Crippen LogP contribution in [0, 0.1) is 6.92 Å². The van der Waals surface area contributed by atoms with Gasteiger partial charge in [0, 0.05) is 12.1 Å². The zero-order chi connectivity index (χ0) is 17.7.